The maximum absolute atomic E-state index is 5.49. The summed E-state index contributed by atoms with van der Waals surface area (Å²) in [6.45, 7) is 3.91. The Morgan fingerprint density at radius 2 is 2.00 bits per heavy atom. The Morgan fingerprint density at radius 1 is 1.17 bits per heavy atom. The Morgan fingerprint density at radius 3 is 2.78 bits per heavy atom. The summed E-state index contributed by atoms with van der Waals surface area (Å²) in [6, 6.07) is 1.95. The number of methoxy groups -OCH3 is 1. The van der Waals surface area contributed by atoms with Crippen molar-refractivity contribution in [3.05, 3.63) is 23.7 Å². The molecular formula is C13H23NO4. The maximum Gasteiger partial charge on any atom is 0.133 e. The first kappa shape index (κ1) is 15.2. The van der Waals surface area contributed by atoms with Crippen molar-refractivity contribution in [1.29, 1.82) is 0 Å². The lowest BCUT2D eigenvalue weighted by atomic mass is 10.2. The largest absolute Gasteiger partial charge is 0.467 e. The third-order valence-corrected chi connectivity index (χ3v) is 2.45. The molecule has 1 rings (SSSR count). The molecule has 0 amide bonds. The Bertz CT molecular complexity index is 301. The zero-order valence-corrected chi connectivity index (χ0v) is 11.2. The molecule has 1 aromatic heterocycles. The summed E-state index contributed by atoms with van der Waals surface area (Å²) in [6.07, 6.45) is 2.60. The molecule has 5 nitrogen and oxygen atoms in total. The van der Waals surface area contributed by atoms with Crippen molar-refractivity contribution in [3.63, 3.8) is 0 Å². The second kappa shape index (κ2) is 10.1. The van der Waals surface area contributed by atoms with Gasteiger partial charge in [-0.1, -0.05) is 0 Å². The molecule has 0 bridgehead atoms. The van der Waals surface area contributed by atoms with Crippen LogP contribution in [0.5, 0.6) is 0 Å². The topological polar surface area (TPSA) is 52.9 Å². The second-order valence-corrected chi connectivity index (χ2v) is 3.91. The molecule has 18 heavy (non-hydrogen) atoms. The van der Waals surface area contributed by atoms with Crippen LogP contribution >= 0.6 is 0 Å². The Kier molecular flexibility index (Phi) is 8.50. The van der Waals surface area contributed by atoms with Crippen LogP contribution in [0.15, 0.2) is 16.7 Å². The molecule has 0 aliphatic rings. The van der Waals surface area contributed by atoms with E-state index in [1.807, 2.05) is 13.1 Å². The van der Waals surface area contributed by atoms with Crippen molar-refractivity contribution >= 4 is 0 Å². The van der Waals surface area contributed by atoms with E-state index in [1.54, 1.807) is 13.4 Å². The van der Waals surface area contributed by atoms with Crippen molar-refractivity contribution in [1.82, 2.24) is 5.32 Å². The minimum absolute atomic E-state index is 0.492. The van der Waals surface area contributed by atoms with Gasteiger partial charge in [-0.15, -0.1) is 0 Å². The zero-order valence-electron chi connectivity index (χ0n) is 11.2. The Balaban J connectivity index is 2.01. The van der Waals surface area contributed by atoms with E-state index in [0.717, 1.165) is 30.9 Å². The van der Waals surface area contributed by atoms with Gasteiger partial charge in [0.25, 0.3) is 0 Å². The number of furan rings is 1. The fourth-order valence-electron chi connectivity index (χ4n) is 1.53. The first-order valence-corrected chi connectivity index (χ1v) is 6.22. The van der Waals surface area contributed by atoms with Gasteiger partial charge >= 0.3 is 0 Å². The SMILES string of the molecule is CNCc1ccoc1COCCOCCCOC. The van der Waals surface area contributed by atoms with Gasteiger partial charge in [0.1, 0.15) is 12.4 Å². The highest BCUT2D eigenvalue weighted by Gasteiger charge is 2.05. The van der Waals surface area contributed by atoms with Gasteiger partial charge in [0.05, 0.1) is 19.5 Å². The molecule has 0 saturated heterocycles. The molecule has 0 fully saturated rings. The van der Waals surface area contributed by atoms with Crippen molar-refractivity contribution in [3.8, 4) is 0 Å². The molecule has 0 aromatic carbocycles. The normalized spacial score (nSPS) is 11.0. The van der Waals surface area contributed by atoms with Crippen LogP contribution in [0.3, 0.4) is 0 Å². The lowest BCUT2D eigenvalue weighted by molar-refractivity contribution is 0.0284. The molecule has 0 aliphatic carbocycles. The van der Waals surface area contributed by atoms with Crippen LogP contribution in [0.25, 0.3) is 0 Å². The van der Waals surface area contributed by atoms with E-state index in [2.05, 4.69) is 5.32 Å². The third kappa shape index (κ3) is 6.16. The lowest BCUT2D eigenvalue weighted by Gasteiger charge is -2.06. The Hall–Kier alpha value is -0.880. The minimum Gasteiger partial charge on any atom is -0.467 e. The van der Waals surface area contributed by atoms with Crippen molar-refractivity contribution in [2.45, 2.75) is 19.6 Å². The molecule has 1 heterocycles. The standard InChI is InChI=1S/C13H23NO4/c1-14-10-12-4-7-18-13(12)11-17-9-8-16-6-3-5-15-2/h4,7,14H,3,5-6,8-11H2,1-2H3. The average Bonchev–Trinajstić information content (AvgIpc) is 2.81. The minimum atomic E-state index is 0.492. The molecular weight excluding hydrogens is 234 g/mol. The number of ether oxygens (including phenoxy) is 3. The molecule has 0 unspecified atom stereocenters. The van der Waals surface area contributed by atoms with E-state index in [0.29, 0.717) is 26.4 Å². The predicted octanol–water partition coefficient (Wildman–Crippen LogP) is 1.57. The molecule has 0 radical (unpaired) electrons. The molecule has 104 valence electrons. The summed E-state index contributed by atoms with van der Waals surface area (Å²) < 4.78 is 21.2. The summed E-state index contributed by atoms with van der Waals surface area (Å²) in [5.74, 6) is 0.878. The highest BCUT2D eigenvalue weighted by Crippen LogP contribution is 2.11. The van der Waals surface area contributed by atoms with E-state index in [-0.39, 0.29) is 0 Å². The lowest BCUT2D eigenvalue weighted by Crippen LogP contribution is -2.09. The van der Waals surface area contributed by atoms with Crippen molar-refractivity contribution in [2.75, 3.05) is 40.6 Å². The van der Waals surface area contributed by atoms with E-state index in [9.17, 15) is 0 Å². The van der Waals surface area contributed by atoms with E-state index in [4.69, 9.17) is 18.6 Å². The fourth-order valence-corrected chi connectivity index (χ4v) is 1.53. The summed E-state index contributed by atoms with van der Waals surface area (Å²) in [4.78, 5) is 0. The summed E-state index contributed by atoms with van der Waals surface area (Å²) in [5, 5.41) is 3.09. The van der Waals surface area contributed by atoms with Crippen LogP contribution in [-0.4, -0.2) is 40.6 Å². The van der Waals surface area contributed by atoms with Crippen LogP contribution in [-0.2, 0) is 27.4 Å². The molecule has 5 heteroatoms. The second-order valence-electron chi connectivity index (χ2n) is 3.91. The number of hydrogen-bond acceptors (Lipinski definition) is 5. The summed E-state index contributed by atoms with van der Waals surface area (Å²) in [7, 11) is 3.60. The molecule has 1 N–H and O–H groups in total. The molecule has 0 spiro atoms. The van der Waals surface area contributed by atoms with Crippen LogP contribution in [0.4, 0.5) is 0 Å². The van der Waals surface area contributed by atoms with E-state index < -0.39 is 0 Å². The van der Waals surface area contributed by atoms with E-state index >= 15 is 0 Å². The first-order valence-electron chi connectivity index (χ1n) is 6.22. The van der Waals surface area contributed by atoms with Crippen LogP contribution in [0, 0.1) is 0 Å². The molecule has 0 aliphatic heterocycles. The summed E-state index contributed by atoms with van der Waals surface area (Å²) in [5.41, 5.74) is 1.14. The number of nitrogens with one attached hydrogen (secondary N) is 1. The van der Waals surface area contributed by atoms with Gasteiger partial charge in [-0.05, 0) is 19.5 Å². The smallest absolute Gasteiger partial charge is 0.133 e. The van der Waals surface area contributed by atoms with Gasteiger partial charge in [0.15, 0.2) is 0 Å². The van der Waals surface area contributed by atoms with Gasteiger partial charge in [-0.3, -0.25) is 0 Å². The van der Waals surface area contributed by atoms with Crippen LogP contribution in [0.2, 0.25) is 0 Å². The zero-order chi connectivity index (χ0) is 13.1. The van der Waals surface area contributed by atoms with Gasteiger partial charge < -0.3 is 23.9 Å². The molecule has 1 aromatic rings. The molecule has 0 atom stereocenters. The van der Waals surface area contributed by atoms with Gasteiger partial charge in [-0.2, -0.15) is 0 Å². The average molecular weight is 257 g/mol. The third-order valence-electron chi connectivity index (χ3n) is 2.45. The van der Waals surface area contributed by atoms with Crippen molar-refractivity contribution in [2.24, 2.45) is 0 Å². The molecule has 0 saturated carbocycles. The fraction of sp³-hybridized carbons (Fsp3) is 0.692. The maximum atomic E-state index is 5.49. The highest BCUT2D eigenvalue weighted by atomic mass is 16.5. The van der Waals surface area contributed by atoms with Gasteiger partial charge in [-0.25, -0.2) is 0 Å². The highest BCUT2D eigenvalue weighted by molar-refractivity contribution is 5.15. The van der Waals surface area contributed by atoms with E-state index in [1.165, 1.54) is 0 Å². The first-order chi connectivity index (χ1) is 8.88. The Labute approximate surface area is 108 Å². The van der Waals surface area contributed by atoms with Crippen LogP contribution in [0.1, 0.15) is 17.7 Å². The number of hydrogen-bond donors (Lipinski definition) is 1. The van der Waals surface area contributed by atoms with Crippen molar-refractivity contribution < 1.29 is 18.6 Å². The van der Waals surface area contributed by atoms with Crippen LogP contribution < -0.4 is 5.32 Å². The number of rotatable bonds is 11. The predicted molar refractivity (Wildman–Crippen MR) is 68.4 cm³/mol. The summed E-state index contributed by atoms with van der Waals surface area (Å²) >= 11 is 0. The van der Waals surface area contributed by atoms with Gasteiger partial charge in [0.2, 0.25) is 0 Å². The quantitative estimate of drug-likeness (QED) is 0.610. The van der Waals surface area contributed by atoms with Gasteiger partial charge in [0, 0.05) is 32.4 Å². The monoisotopic (exact) mass is 257 g/mol.